The zero-order chi connectivity index (χ0) is 20.0. The molecule has 3 saturated carbocycles. The van der Waals surface area contributed by atoms with Crippen molar-refractivity contribution in [1.82, 2.24) is 19.3 Å². The second-order valence-corrected chi connectivity index (χ2v) is 8.96. The molecule has 3 aromatic rings. The van der Waals surface area contributed by atoms with Crippen LogP contribution in [0.4, 0.5) is 16.6 Å². The van der Waals surface area contributed by atoms with Gasteiger partial charge in [0.25, 0.3) is 0 Å². The fraction of sp³-hybridized carbons (Fsp3) is 0.381. The maximum absolute atomic E-state index is 11.7. The summed E-state index contributed by atoms with van der Waals surface area (Å²) in [6.45, 7) is 1.52. The van der Waals surface area contributed by atoms with Crippen LogP contribution >= 0.6 is 11.5 Å². The van der Waals surface area contributed by atoms with Crippen molar-refractivity contribution in [2.75, 3.05) is 17.3 Å². The van der Waals surface area contributed by atoms with E-state index in [0.717, 1.165) is 18.0 Å². The Kier molecular flexibility index (Phi) is 4.31. The molecular weight excluding hydrogens is 384 g/mol. The Morgan fingerprint density at radius 1 is 1.28 bits per heavy atom. The molecule has 3 aliphatic carbocycles. The molecule has 148 valence electrons. The zero-order valence-electron chi connectivity index (χ0n) is 16.4. The summed E-state index contributed by atoms with van der Waals surface area (Å²) >= 11 is 1.25. The molecule has 3 fully saturated rings. The number of amides is 1. The van der Waals surface area contributed by atoms with Crippen molar-refractivity contribution in [3.63, 3.8) is 0 Å². The van der Waals surface area contributed by atoms with Crippen LogP contribution < -0.4 is 10.2 Å². The van der Waals surface area contributed by atoms with E-state index in [0.29, 0.717) is 27.9 Å². The maximum atomic E-state index is 11.7. The van der Waals surface area contributed by atoms with E-state index in [1.165, 1.54) is 43.3 Å². The van der Waals surface area contributed by atoms with Gasteiger partial charge in [-0.15, -0.1) is 0 Å². The van der Waals surface area contributed by atoms with Gasteiger partial charge in [0.1, 0.15) is 5.69 Å². The molecular formula is C21H22N6OS. The number of carbonyl (C=O) groups is 1. The molecule has 8 heteroatoms. The number of hydrogen-bond acceptors (Lipinski definition) is 7. The number of nitrogens with zero attached hydrogens (tertiary/aromatic N) is 5. The van der Waals surface area contributed by atoms with E-state index in [-0.39, 0.29) is 5.91 Å². The van der Waals surface area contributed by atoms with Crippen LogP contribution in [0.1, 0.15) is 31.7 Å². The molecule has 0 spiro atoms. The summed E-state index contributed by atoms with van der Waals surface area (Å²) in [5.74, 6) is 2.09. The third kappa shape index (κ3) is 3.37. The smallest absolute Gasteiger partial charge is 0.223 e. The summed E-state index contributed by atoms with van der Waals surface area (Å²) < 4.78 is 4.43. The molecule has 0 aromatic carbocycles. The third-order valence-electron chi connectivity index (χ3n) is 6.07. The lowest BCUT2D eigenvalue weighted by molar-refractivity contribution is -0.116. The molecule has 0 atom stereocenters. The van der Waals surface area contributed by atoms with Gasteiger partial charge in [-0.2, -0.15) is 9.36 Å². The first kappa shape index (κ1) is 18.2. The normalized spacial score (nSPS) is 21.8. The second-order valence-electron chi connectivity index (χ2n) is 8.20. The van der Waals surface area contributed by atoms with Gasteiger partial charge in [-0.05, 0) is 60.8 Å². The van der Waals surface area contributed by atoms with Gasteiger partial charge in [-0.1, -0.05) is 6.07 Å². The molecule has 0 aliphatic heterocycles. The van der Waals surface area contributed by atoms with Crippen molar-refractivity contribution < 1.29 is 4.79 Å². The van der Waals surface area contributed by atoms with Gasteiger partial charge in [0.2, 0.25) is 11.0 Å². The van der Waals surface area contributed by atoms with Crippen molar-refractivity contribution in [1.29, 1.82) is 0 Å². The van der Waals surface area contributed by atoms with Gasteiger partial charge in [-0.3, -0.25) is 9.78 Å². The van der Waals surface area contributed by atoms with Crippen molar-refractivity contribution in [3.8, 4) is 11.5 Å². The summed E-state index contributed by atoms with van der Waals surface area (Å²) in [7, 11) is 1.72. The largest absolute Gasteiger partial charge is 0.313 e. The predicted molar refractivity (Wildman–Crippen MR) is 113 cm³/mol. The molecule has 0 saturated heterocycles. The van der Waals surface area contributed by atoms with Gasteiger partial charge in [0.05, 0.1) is 5.69 Å². The van der Waals surface area contributed by atoms with Crippen LogP contribution in [-0.2, 0) is 11.2 Å². The SMILES string of the molecule is CC(=O)N(C)c1cccnc1Nc1nc(-c2ccc(CC34CC(C3)C4)cn2)ns1. The molecule has 7 nitrogen and oxygen atoms in total. The van der Waals surface area contributed by atoms with Crippen LogP contribution in [-0.4, -0.2) is 32.3 Å². The van der Waals surface area contributed by atoms with Gasteiger partial charge >= 0.3 is 0 Å². The number of hydrogen-bond donors (Lipinski definition) is 1. The standard InChI is InChI=1S/C21H22N6OS/c1-13(28)27(2)17-4-3-7-22-19(17)25-20-24-18(26-29-20)16-6-5-14(12-23-16)8-21-9-15(10-21)11-21/h3-7,12,15H,8-11H2,1-2H3,(H,22,24,25,26). The Hall–Kier alpha value is -2.87. The Morgan fingerprint density at radius 3 is 2.76 bits per heavy atom. The lowest BCUT2D eigenvalue weighted by Crippen LogP contribution is -2.52. The van der Waals surface area contributed by atoms with Gasteiger partial charge in [0, 0.05) is 37.9 Å². The highest BCUT2D eigenvalue weighted by Crippen LogP contribution is 2.65. The van der Waals surface area contributed by atoms with Gasteiger partial charge in [-0.25, -0.2) is 4.98 Å². The average molecular weight is 407 g/mol. The molecule has 1 amide bonds. The molecule has 3 aliphatic rings. The van der Waals surface area contributed by atoms with E-state index in [1.807, 2.05) is 18.3 Å². The Morgan fingerprint density at radius 2 is 2.10 bits per heavy atom. The predicted octanol–water partition coefficient (Wildman–Crippen LogP) is 4.06. The number of rotatable bonds is 6. The fourth-order valence-electron chi connectivity index (χ4n) is 4.38. The van der Waals surface area contributed by atoms with E-state index >= 15 is 0 Å². The van der Waals surface area contributed by atoms with Crippen molar-refractivity contribution in [2.24, 2.45) is 11.3 Å². The first-order valence-corrected chi connectivity index (χ1v) is 10.5. The summed E-state index contributed by atoms with van der Waals surface area (Å²) in [5, 5.41) is 3.78. The maximum Gasteiger partial charge on any atom is 0.223 e. The number of nitrogens with one attached hydrogen (secondary N) is 1. The first-order valence-electron chi connectivity index (χ1n) is 9.77. The quantitative estimate of drug-likeness (QED) is 0.664. The Bertz CT molecular complexity index is 1050. The lowest BCUT2D eigenvalue weighted by Gasteiger charge is -2.62. The summed E-state index contributed by atoms with van der Waals surface area (Å²) in [4.78, 5) is 26.7. The number of carbonyl (C=O) groups excluding carboxylic acids is 1. The van der Waals surface area contributed by atoms with Crippen molar-refractivity contribution in [3.05, 3.63) is 42.2 Å². The molecule has 3 heterocycles. The Labute approximate surface area is 173 Å². The molecule has 0 radical (unpaired) electrons. The summed E-state index contributed by atoms with van der Waals surface area (Å²) in [6, 6.07) is 7.78. The molecule has 6 rings (SSSR count). The number of anilines is 3. The second kappa shape index (κ2) is 6.88. The van der Waals surface area contributed by atoms with Gasteiger partial charge in [0.15, 0.2) is 11.6 Å². The highest BCUT2D eigenvalue weighted by molar-refractivity contribution is 7.09. The average Bonchev–Trinajstić information content (AvgIpc) is 3.12. The lowest BCUT2D eigenvalue weighted by atomic mass is 9.43. The van der Waals surface area contributed by atoms with Crippen LogP contribution in [0.15, 0.2) is 36.7 Å². The molecule has 2 bridgehead atoms. The van der Waals surface area contributed by atoms with Crippen LogP contribution in [0.25, 0.3) is 11.5 Å². The van der Waals surface area contributed by atoms with Crippen LogP contribution in [0, 0.1) is 11.3 Å². The minimum atomic E-state index is -0.0674. The Balaban J connectivity index is 1.30. The highest BCUT2D eigenvalue weighted by Gasteiger charge is 2.55. The minimum absolute atomic E-state index is 0.0674. The number of pyridine rings is 2. The molecule has 3 aromatic heterocycles. The summed E-state index contributed by atoms with van der Waals surface area (Å²) in [5.41, 5.74) is 3.33. The number of aromatic nitrogens is 4. The van der Waals surface area contributed by atoms with Gasteiger partial charge < -0.3 is 10.2 Å². The van der Waals surface area contributed by atoms with E-state index < -0.39 is 0 Å². The van der Waals surface area contributed by atoms with Crippen LogP contribution in [0.2, 0.25) is 0 Å². The first-order chi connectivity index (χ1) is 14.0. The fourth-order valence-corrected chi connectivity index (χ4v) is 4.96. The topological polar surface area (TPSA) is 83.9 Å². The van der Waals surface area contributed by atoms with Crippen molar-refractivity contribution >= 4 is 34.1 Å². The van der Waals surface area contributed by atoms with E-state index in [4.69, 9.17) is 0 Å². The molecule has 29 heavy (non-hydrogen) atoms. The van der Waals surface area contributed by atoms with E-state index in [9.17, 15) is 4.79 Å². The van der Waals surface area contributed by atoms with Crippen molar-refractivity contribution in [2.45, 2.75) is 32.6 Å². The minimum Gasteiger partial charge on any atom is -0.313 e. The van der Waals surface area contributed by atoms with Crippen LogP contribution in [0.3, 0.4) is 0 Å². The molecule has 1 N–H and O–H groups in total. The summed E-state index contributed by atoms with van der Waals surface area (Å²) in [6.07, 6.45) is 8.96. The monoisotopic (exact) mass is 406 g/mol. The van der Waals surface area contributed by atoms with E-state index in [2.05, 4.69) is 30.7 Å². The third-order valence-corrected chi connectivity index (χ3v) is 6.70. The van der Waals surface area contributed by atoms with E-state index in [1.54, 1.807) is 24.2 Å². The molecule has 0 unspecified atom stereocenters. The zero-order valence-corrected chi connectivity index (χ0v) is 17.2. The highest BCUT2D eigenvalue weighted by atomic mass is 32.1. The van der Waals surface area contributed by atoms with Crippen LogP contribution in [0.5, 0.6) is 0 Å².